The van der Waals surface area contributed by atoms with Crippen molar-refractivity contribution >= 4 is 5.97 Å². The van der Waals surface area contributed by atoms with E-state index in [0.29, 0.717) is 0 Å². The van der Waals surface area contributed by atoms with Gasteiger partial charge in [-0.3, -0.25) is 0 Å². The van der Waals surface area contributed by atoms with Gasteiger partial charge in [-0.1, -0.05) is 12.2 Å². The first kappa shape index (κ1) is 15.1. The van der Waals surface area contributed by atoms with Gasteiger partial charge >= 0.3 is 5.97 Å². The molecule has 0 saturated carbocycles. The van der Waals surface area contributed by atoms with Crippen molar-refractivity contribution in [3.63, 3.8) is 0 Å². The number of carbonyl (C=O) groups excluding carboxylic acids is 1. The van der Waals surface area contributed by atoms with Crippen LogP contribution in [-0.2, 0) is 23.7 Å². The van der Waals surface area contributed by atoms with Crippen LogP contribution >= 0.6 is 0 Å². The molecule has 0 aromatic carbocycles. The molecular weight excluding hydrogens is 240 g/mol. The molecule has 0 amide bonds. The van der Waals surface area contributed by atoms with Crippen LogP contribution in [-0.4, -0.2) is 49.1 Å². The van der Waals surface area contributed by atoms with E-state index < -0.39 is 29.8 Å². The summed E-state index contributed by atoms with van der Waals surface area (Å²) < 4.78 is 21.1. The Morgan fingerprint density at radius 3 is 2.33 bits per heavy atom. The zero-order valence-corrected chi connectivity index (χ0v) is 11.3. The zero-order valence-electron chi connectivity index (χ0n) is 11.3. The molecule has 1 aliphatic rings. The SMILES string of the molecule is C/C=C/[C@H](O)[C@H]1O[C@](C)(OC)[C@@](C)(OC)OC1=O. The molecule has 1 aliphatic heterocycles. The van der Waals surface area contributed by atoms with E-state index in [1.165, 1.54) is 27.2 Å². The number of esters is 1. The number of hydrogen-bond donors (Lipinski definition) is 1. The smallest absolute Gasteiger partial charge is 0.341 e. The minimum absolute atomic E-state index is 0.695. The molecule has 6 nitrogen and oxygen atoms in total. The van der Waals surface area contributed by atoms with Crippen LogP contribution in [0, 0.1) is 0 Å². The maximum atomic E-state index is 11.8. The third kappa shape index (κ3) is 2.42. The Bertz CT molecular complexity index is 341. The Kier molecular flexibility index (Phi) is 4.50. The predicted molar refractivity (Wildman–Crippen MR) is 62.6 cm³/mol. The number of carbonyl (C=O) groups is 1. The molecule has 0 aromatic rings. The minimum atomic E-state index is -1.37. The van der Waals surface area contributed by atoms with Gasteiger partial charge in [-0.05, 0) is 13.8 Å². The van der Waals surface area contributed by atoms with E-state index in [4.69, 9.17) is 18.9 Å². The van der Waals surface area contributed by atoms with E-state index in [1.807, 2.05) is 0 Å². The lowest BCUT2D eigenvalue weighted by atomic mass is 10.0. The molecule has 4 atom stereocenters. The van der Waals surface area contributed by atoms with E-state index in [2.05, 4.69) is 0 Å². The standard InChI is InChI=1S/C12H20O6/c1-6-7-8(13)9-10(14)18-12(3,16-5)11(2,15-4)17-9/h6-9,13H,1-5H3/b7-6+/t8-,9+,11-,12-/m0/s1. The average molecular weight is 260 g/mol. The van der Waals surface area contributed by atoms with Gasteiger partial charge in [-0.15, -0.1) is 0 Å². The number of ether oxygens (including phenoxy) is 4. The molecule has 0 bridgehead atoms. The predicted octanol–water partition coefficient (Wildman–Crippen LogP) is 0.591. The second-order valence-corrected chi connectivity index (χ2v) is 4.28. The summed E-state index contributed by atoms with van der Waals surface area (Å²) in [5.41, 5.74) is 0. The van der Waals surface area contributed by atoms with Crippen LogP contribution in [0.2, 0.25) is 0 Å². The molecule has 1 saturated heterocycles. The van der Waals surface area contributed by atoms with Crippen molar-refractivity contribution < 1.29 is 28.8 Å². The summed E-state index contributed by atoms with van der Waals surface area (Å²) in [6.45, 7) is 4.84. The molecule has 104 valence electrons. The Balaban J connectivity index is 3.01. The van der Waals surface area contributed by atoms with Gasteiger partial charge in [0.05, 0.1) is 0 Å². The Morgan fingerprint density at radius 2 is 1.89 bits per heavy atom. The Labute approximate surface area is 106 Å². The summed E-state index contributed by atoms with van der Waals surface area (Å²) in [7, 11) is 2.80. The van der Waals surface area contributed by atoms with Crippen LogP contribution < -0.4 is 0 Å². The van der Waals surface area contributed by atoms with Crippen molar-refractivity contribution in [2.45, 2.75) is 44.6 Å². The highest BCUT2D eigenvalue weighted by molar-refractivity contribution is 5.77. The van der Waals surface area contributed by atoms with Crippen molar-refractivity contribution in [1.29, 1.82) is 0 Å². The fraction of sp³-hybridized carbons (Fsp3) is 0.750. The molecule has 0 unspecified atom stereocenters. The van der Waals surface area contributed by atoms with E-state index in [0.717, 1.165) is 0 Å². The summed E-state index contributed by atoms with van der Waals surface area (Å²) in [4.78, 5) is 11.8. The number of hydrogen-bond acceptors (Lipinski definition) is 6. The monoisotopic (exact) mass is 260 g/mol. The zero-order chi connectivity index (χ0) is 14.0. The summed E-state index contributed by atoms with van der Waals surface area (Å²) in [6, 6.07) is 0. The van der Waals surface area contributed by atoms with Gasteiger partial charge in [0.1, 0.15) is 6.10 Å². The minimum Gasteiger partial charge on any atom is -0.425 e. The molecule has 1 rings (SSSR count). The Hall–Kier alpha value is -0.950. The molecule has 1 fully saturated rings. The van der Waals surface area contributed by atoms with E-state index in [1.54, 1.807) is 19.9 Å². The number of aliphatic hydroxyl groups is 1. The maximum absolute atomic E-state index is 11.8. The highest BCUT2D eigenvalue weighted by Crippen LogP contribution is 2.37. The van der Waals surface area contributed by atoms with Crippen molar-refractivity contribution in [1.82, 2.24) is 0 Å². The first-order valence-electron chi connectivity index (χ1n) is 5.65. The normalized spacial score (nSPS) is 38.8. The lowest BCUT2D eigenvalue weighted by molar-refractivity contribution is -0.409. The number of rotatable bonds is 4. The molecule has 0 radical (unpaired) electrons. The molecular formula is C12H20O6. The number of methoxy groups -OCH3 is 2. The van der Waals surface area contributed by atoms with Crippen molar-refractivity contribution in [2.24, 2.45) is 0 Å². The van der Waals surface area contributed by atoms with Crippen LogP contribution in [0.5, 0.6) is 0 Å². The second kappa shape index (κ2) is 5.36. The first-order chi connectivity index (χ1) is 8.33. The van der Waals surface area contributed by atoms with Crippen molar-refractivity contribution in [3.8, 4) is 0 Å². The van der Waals surface area contributed by atoms with Gasteiger partial charge in [-0.2, -0.15) is 0 Å². The van der Waals surface area contributed by atoms with Gasteiger partial charge < -0.3 is 24.1 Å². The number of cyclic esters (lactones) is 1. The number of allylic oxidation sites excluding steroid dienone is 1. The molecule has 0 aliphatic carbocycles. The van der Waals surface area contributed by atoms with Crippen LogP contribution in [0.15, 0.2) is 12.2 Å². The second-order valence-electron chi connectivity index (χ2n) is 4.28. The molecule has 6 heteroatoms. The lowest BCUT2D eigenvalue weighted by Crippen LogP contribution is -2.65. The summed E-state index contributed by atoms with van der Waals surface area (Å²) in [6.07, 6.45) is 0.820. The highest BCUT2D eigenvalue weighted by atomic mass is 16.8. The lowest BCUT2D eigenvalue weighted by Gasteiger charge is -2.48. The first-order valence-corrected chi connectivity index (χ1v) is 5.65. The number of aliphatic hydroxyl groups excluding tert-OH is 1. The fourth-order valence-corrected chi connectivity index (χ4v) is 1.71. The van der Waals surface area contributed by atoms with Crippen LogP contribution in [0.1, 0.15) is 20.8 Å². The largest absolute Gasteiger partial charge is 0.425 e. The quantitative estimate of drug-likeness (QED) is 0.589. The molecule has 0 spiro atoms. The Morgan fingerprint density at radius 1 is 1.33 bits per heavy atom. The van der Waals surface area contributed by atoms with Crippen molar-refractivity contribution in [2.75, 3.05) is 14.2 Å². The van der Waals surface area contributed by atoms with Crippen LogP contribution in [0.25, 0.3) is 0 Å². The van der Waals surface area contributed by atoms with Gasteiger partial charge in [0, 0.05) is 21.1 Å². The molecule has 1 heterocycles. The van der Waals surface area contributed by atoms with Gasteiger partial charge in [-0.25, -0.2) is 4.79 Å². The molecule has 18 heavy (non-hydrogen) atoms. The third-order valence-electron chi connectivity index (χ3n) is 3.18. The highest BCUT2D eigenvalue weighted by Gasteiger charge is 2.58. The van der Waals surface area contributed by atoms with Gasteiger partial charge in [0.2, 0.25) is 5.79 Å². The summed E-state index contributed by atoms with van der Waals surface area (Å²) in [5, 5.41) is 9.81. The van der Waals surface area contributed by atoms with Crippen molar-refractivity contribution in [3.05, 3.63) is 12.2 Å². The van der Waals surface area contributed by atoms with E-state index in [-0.39, 0.29) is 0 Å². The van der Waals surface area contributed by atoms with E-state index >= 15 is 0 Å². The molecule has 1 N–H and O–H groups in total. The van der Waals surface area contributed by atoms with E-state index in [9.17, 15) is 9.90 Å². The average Bonchev–Trinajstić information content (AvgIpc) is 2.34. The third-order valence-corrected chi connectivity index (χ3v) is 3.18. The topological polar surface area (TPSA) is 74.2 Å². The fourth-order valence-electron chi connectivity index (χ4n) is 1.71. The molecule has 0 aromatic heterocycles. The maximum Gasteiger partial charge on any atom is 0.341 e. The summed E-state index contributed by atoms with van der Waals surface area (Å²) in [5.74, 6) is -3.37. The van der Waals surface area contributed by atoms with Crippen LogP contribution in [0.3, 0.4) is 0 Å². The van der Waals surface area contributed by atoms with Crippen LogP contribution in [0.4, 0.5) is 0 Å². The van der Waals surface area contributed by atoms with Gasteiger partial charge in [0.25, 0.3) is 5.79 Å². The summed E-state index contributed by atoms with van der Waals surface area (Å²) >= 11 is 0. The van der Waals surface area contributed by atoms with Gasteiger partial charge in [0.15, 0.2) is 6.10 Å².